The van der Waals surface area contributed by atoms with Gasteiger partial charge in [0.05, 0.1) is 10.9 Å². The Morgan fingerprint density at radius 1 is 1.20 bits per heavy atom. The maximum atomic E-state index is 12.6. The number of carbonyl (C=O) groups is 1. The summed E-state index contributed by atoms with van der Waals surface area (Å²) in [5.74, 6) is 0.258. The van der Waals surface area contributed by atoms with Gasteiger partial charge in [-0.1, -0.05) is 6.92 Å². The van der Waals surface area contributed by atoms with Crippen molar-refractivity contribution in [2.24, 2.45) is 0 Å². The average molecular weight is 405 g/mol. The van der Waals surface area contributed by atoms with Crippen LogP contribution in [0.25, 0.3) is 16.9 Å². The molecule has 0 saturated heterocycles. The summed E-state index contributed by atoms with van der Waals surface area (Å²) in [5, 5.41) is 7.14. The Kier molecular flexibility index (Phi) is 5.21. The highest BCUT2D eigenvalue weighted by atomic mass is 16.2. The molecule has 4 aromatic heterocycles. The van der Waals surface area contributed by atoms with Crippen molar-refractivity contribution in [1.82, 2.24) is 34.6 Å². The summed E-state index contributed by atoms with van der Waals surface area (Å²) in [6.45, 7) is 2.60. The normalized spacial score (nSPS) is 11.0. The Labute approximate surface area is 170 Å². The van der Waals surface area contributed by atoms with Crippen LogP contribution in [0.4, 0.5) is 0 Å². The summed E-state index contributed by atoms with van der Waals surface area (Å²) in [5.41, 5.74) is 0.260. The number of hydrogen-bond donors (Lipinski definition) is 2. The molecule has 0 aliphatic heterocycles. The van der Waals surface area contributed by atoms with Gasteiger partial charge in [0.1, 0.15) is 5.65 Å². The molecule has 0 bridgehead atoms. The number of nitrogens with zero attached hydrogens (tertiary/aromatic N) is 5. The van der Waals surface area contributed by atoms with Gasteiger partial charge in [0.25, 0.3) is 11.5 Å². The van der Waals surface area contributed by atoms with Crippen molar-refractivity contribution in [3.05, 3.63) is 81.0 Å². The fraction of sp³-hybridized carbons (Fsp3) is 0.200. The van der Waals surface area contributed by atoms with E-state index < -0.39 is 11.2 Å². The quantitative estimate of drug-likeness (QED) is 0.493. The van der Waals surface area contributed by atoms with E-state index >= 15 is 0 Å². The molecule has 1 amide bonds. The molecule has 10 heteroatoms. The van der Waals surface area contributed by atoms with Gasteiger partial charge in [-0.3, -0.25) is 19.1 Å². The van der Waals surface area contributed by atoms with Crippen LogP contribution in [0.15, 0.2) is 58.6 Å². The van der Waals surface area contributed by atoms with E-state index in [2.05, 4.69) is 25.4 Å². The van der Waals surface area contributed by atoms with Crippen LogP contribution in [0.5, 0.6) is 0 Å². The van der Waals surface area contributed by atoms with Gasteiger partial charge in [-0.15, -0.1) is 0 Å². The first-order valence-corrected chi connectivity index (χ1v) is 9.43. The molecule has 0 aliphatic rings. The average Bonchev–Trinajstić information content (AvgIpc) is 3.30. The Balaban J connectivity index is 1.56. The summed E-state index contributed by atoms with van der Waals surface area (Å²) in [4.78, 5) is 47.5. The number of H-pyrrole nitrogens is 1. The van der Waals surface area contributed by atoms with Crippen molar-refractivity contribution in [2.75, 3.05) is 0 Å². The topological polar surface area (TPSA) is 128 Å². The fourth-order valence-corrected chi connectivity index (χ4v) is 3.11. The number of aromatic amines is 1. The van der Waals surface area contributed by atoms with Gasteiger partial charge in [-0.25, -0.2) is 19.4 Å². The minimum atomic E-state index is -0.567. The van der Waals surface area contributed by atoms with Gasteiger partial charge in [-0.2, -0.15) is 5.10 Å². The van der Waals surface area contributed by atoms with E-state index in [1.807, 2.05) is 13.0 Å². The molecular weight excluding hydrogens is 386 g/mol. The Bertz CT molecular complexity index is 1320. The van der Waals surface area contributed by atoms with Crippen LogP contribution in [0, 0.1) is 0 Å². The molecule has 4 rings (SSSR count). The second kappa shape index (κ2) is 8.11. The SMILES string of the molecule is CCCn1c(=O)[nH]c(=O)c2cc(C(=O)NCc3ccnc(-n4cccn4)c3)cnc21. The van der Waals surface area contributed by atoms with Crippen molar-refractivity contribution in [3.8, 4) is 5.82 Å². The lowest BCUT2D eigenvalue weighted by Gasteiger charge is -2.09. The van der Waals surface area contributed by atoms with Gasteiger partial charge in [0.15, 0.2) is 5.82 Å². The van der Waals surface area contributed by atoms with Crippen LogP contribution >= 0.6 is 0 Å². The minimum Gasteiger partial charge on any atom is -0.348 e. The molecule has 0 unspecified atom stereocenters. The molecule has 0 aliphatic carbocycles. The number of nitrogens with one attached hydrogen (secondary N) is 2. The summed E-state index contributed by atoms with van der Waals surface area (Å²) in [6.07, 6.45) is 7.15. The molecule has 0 spiro atoms. The standard InChI is InChI=1S/C20H19N7O3/c1-2-7-26-17-15(19(29)25-20(26)30)10-14(12-22-17)18(28)23-11-13-4-6-21-16(9-13)27-8-3-5-24-27/h3-6,8-10,12H,2,7,11H2,1H3,(H,23,28)(H,25,29,30). The fourth-order valence-electron chi connectivity index (χ4n) is 3.11. The zero-order chi connectivity index (χ0) is 21.1. The number of aryl methyl sites for hydroxylation is 1. The number of amides is 1. The van der Waals surface area contributed by atoms with Crippen molar-refractivity contribution in [1.29, 1.82) is 0 Å². The lowest BCUT2D eigenvalue weighted by Crippen LogP contribution is -2.31. The second-order valence-electron chi connectivity index (χ2n) is 6.66. The zero-order valence-electron chi connectivity index (χ0n) is 16.2. The predicted molar refractivity (Wildman–Crippen MR) is 109 cm³/mol. The van der Waals surface area contributed by atoms with Crippen LogP contribution < -0.4 is 16.6 Å². The lowest BCUT2D eigenvalue weighted by atomic mass is 10.2. The Hall–Kier alpha value is -4.08. The van der Waals surface area contributed by atoms with Crippen LogP contribution in [0.3, 0.4) is 0 Å². The Morgan fingerprint density at radius 3 is 2.83 bits per heavy atom. The molecule has 4 aromatic rings. The van der Waals surface area contributed by atoms with Crippen molar-refractivity contribution >= 4 is 16.9 Å². The van der Waals surface area contributed by atoms with E-state index in [0.29, 0.717) is 18.8 Å². The molecule has 4 heterocycles. The van der Waals surface area contributed by atoms with E-state index in [4.69, 9.17) is 0 Å². The zero-order valence-corrected chi connectivity index (χ0v) is 16.2. The molecule has 0 saturated carbocycles. The number of pyridine rings is 2. The first kappa shape index (κ1) is 19.2. The highest BCUT2D eigenvalue weighted by Gasteiger charge is 2.13. The lowest BCUT2D eigenvalue weighted by molar-refractivity contribution is 0.0950. The molecule has 0 aromatic carbocycles. The van der Waals surface area contributed by atoms with Crippen LogP contribution in [0.1, 0.15) is 29.3 Å². The molecule has 30 heavy (non-hydrogen) atoms. The monoisotopic (exact) mass is 405 g/mol. The van der Waals surface area contributed by atoms with Gasteiger partial charge in [0.2, 0.25) is 0 Å². The Morgan fingerprint density at radius 2 is 2.07 bits per heavy atom. The number of aromatic nitrogens is 6. The number of carbonyl (C=O) groups excluding carboxylic acids is 1. The van der Waals surface area contributed by atoms with Crippen LogP contribution in [-0.4, -0.2) is 35.2 Å². The van der Waals surface area contributed by atoms with E-state index in [9.17, 15) is 14.4 Å². The smallest absolute Gasteiger partial charge is 0.329 e. The maximum Gasteiger partial charge on any atom is 0.329 e. The number of fused-ring (bicyclic) bond motifs is 1. The molecule has 10 nitrogen and oxygen atoms in total. The first-order chi connectivity index (χ1) is 14.6. The summed E-state index contributed by atoms with van der Waals surface area (Å²) >= 11 is 0. The summed E-state index contributed by atoms with van der Waals surface area (Å²) < 4.78 is 3.02. The van der Waals surface area contributed by atoms with Crippen LogP contribution in [-0.2, 0) is 13.1 Å². The van der Waals surface area contributed by atoms with Gasteiger partial charge in [-0.05, 0) is 36.2 Å². The molecule has 0 atom stereocenters. The number of hydrogen-bond acceptors (Lipinski definition) is 6. The minimum absolute atomic E-state index is 0.195. The third-order valence-electron chi connectivity index (χ3n) is 4.54. The van der Waals surface area contributed by atoms with E-state index in [1.54, 1.807) is 35.4 Å². The third-order valence-corrected chi connectivity index (χ3v) is 4.54. The highest BCUT2D eigenvalue weighted by Crippen LogP contribution is 2.10. The first-order valence-electron chi connectivity index (χ1n) is 9.43. The van der Waals surface area contributed by atoms with Crippen molar-refractivity contribution < 1.29 is 4.79 Å². The molecule has 0 fully saturated rings. The molecular formula is C20H19N7O3. The largest absolute Gasteiger partial charge is 0.348 e. The molecule has 0 radical (unpaired) electrons. The van der Waals surface area contributed by atoms with E-state index in [1.165, 1.54) is 16.8 Å². The number of rotatable bonds is 6. The maximum absolute atomic E-state index is 12.6. The van der Waals surface area contributed by atoms with Crippen molar-refractivity contribution in [2.45, 2.75) is 26.4 Å². The second-order valence-corrected chi connectivity index (χ2v) is 6.66. The van der Waals surface area contributed by atoms with Gasteiger partial charge >= 0.3 is 5.69 Å². The summed E-state index contributed by atoms with van der Waals surface area (Å²) in [7, 11) is 0. The van der Waals surface area contributed by atoms with Crippen LogP contribution in [0.2, 0.25) is 0 Å². The van der Waals surface area contributed by atoms with E-state index in [-0.39, 0.29) is 29.0 Å². The van der Waals surface area contributed by atoms with Crippen molar-refractivity contribution in [3.63, 3.8) is 0 Å². The third kappa shape index (κ3) is 3.75. The molecule has 152 valence electrons. The molecule has 2 N–H and O–H groups in total. The van der Waals surface area contributed by atoms with Gasteiger partial charge in [0, 0.05) is 37.9 Å². The summed E-state index contributed by atoms with van der Waals surface area (Å²) in [6, 6.07) is 6.86. The predicted octanol–water partition coefficient (Wildman–Crippen LogP) is 1.01. The van der Waals surface area contributed by atoms with Gasteiger partial charge < -0.3 is 5.32 Å². The highest BCUT2D eigenvalue weighted by molar-refractivity contribution is 5.96. The van der Waals surface area contributed by atoms with E-state index in [0.717, 1.165) is 5.56 Å².